The van der Waals surface area contributed by atoms with E-state index < -0.39 is 0 Å². The first-order valence-corrected chi connectivity index (χ1v) is 21.3. The van der Waals surface area contributed by atoms with Gasteiger partial charge in [0.15, 0.2) is 0 Å². The Morgan fingerprint density at radius 2 is 0.966 bits per heavy atom. The molecule has 0 spiro atoms. The molecular weight excluding hydrogens is 741 g/mol. The van der Waals surface area contributed by atoms with Crippen molar-refractivity contribution in [1.82, 2.24) is 4.57 Å². The molecule has 0 amide bonds. The number of fused-ring (bicyclic) bond motifs is 9. The van der Waals surface area contributed by atoms with Gasteiger partial charge in [0, 0.05) is 68.2 Å². The predicted octanol–water partition coefficient (Wildman–Crippen LogP) is 16.3. The van der Waals surface area contributed by atoms with Crippen molar-refractivity contribution in [2.75, 3.05) is 4.90 Å². The van der Waals surface area contributed by atoms with Crippen molar-refractivity contribution in [3.63, 3.8) is 0 Å². The van der Waals surface area contributed by atoms with Crippen LogP contribution in [0.3, 0.4) is 0 Å². The summed E-state index contributed by atoms with van der Waals surface area (Å²) in [6.45, 7) is 0. The molecule has 2 nitrogen and oxygen atoms in total. The van der Waals surface area contributed by atoms with Gasteiger partial charge in [-0.2, -0.15) is 0 Å². The van der Waals surface area contributed by atoms with Gasteiger partial charge in [-0.15, -0.1) is 22.7 Å². The third-order valence-corrected chi connectivity index (χ3v) is 13.9. The first kappa shape index (κ1) is 33.2. The minimum Gasteiger partial charge on any atom is -0.310 e. The second-order valence-corrected chi connectivity index (χ2v) is 17.0. The van der Waals surface area contributed by atoms with E-state index in [2.05, 4.69) is 216 Å². The Morgan fingerprint density at radius 1 is 0.362 bits per heavy atom. The molecule has 0 saturated heterocycles. The molecule has 3 aromatic heterocycles. The van der Waals surface area contributed by atoms with Crippen LogP contribution in [0, 0.1) is 0 Å². The molecule has 0 radical (unpaired) electrons. The molecule has 9 aromatic carbocycles. The van der Waals surface area contributed by atoms with Crippen LogP contribution in [0.15, 0.2) is 206 Å². The molecule has 0 aliphatic heterocycles. The van der Waals surface area contributed by atoms with Gasteiger partial charge < -0.3 is 9.47 Å². The molecule has 0 aliphatic carbocycles. The van der Waals surface area contributed by atoms with E-state index in [-0.39, 0.29) is 0 Å². The highest BCUT2D eigenvalue weighted by Gasteiger charge is 2.23. The first-order valence-electron chi connectivity index (χ1n) is 19.7. The molecule has 0 saturated carbocycles. The monoisotopic (exact) mass is 774 g/mol. The van der Waals surface area contributed by atoms with E-state index in [0.717, 1.165) is 22.7 Å². The van der Waals surface area contributed by atoms with Crippen molar-refractivity contribution in [1.29, 1.82) is 0 Å². The molecule has 272 valence electrons. The summed E-state index contributed by atoms with van der Waals surface area (Å²) in [5.74, 6) is 0. The lowest BCUT2D eigenvalue weighted by molar-refractivity contribution is 1.18. The van der Waals surface area contributed by atoms with E-state index >= 15 is 0 Å². The maximum Gasteiger partial charge on any atom is 0.0561 e. The second-order valence-electron chi connectivity index (χ2n) is 14.9. The van der Waals surface area contributed by atoms with Gasteiger partial charge in [0.2, 0.25) is 0 Å². The van der Waals surface area contributed by atoms with E-state index in [0.29, 0.717) is 0 Å². The number of aromatic nitrogens is 1. The van der Waals surface area contributed by atoms with Gasteiger partial charge >= 0.3 is 0 Å². The molecule has 0 fully saturated rings. The molecule has 12 rings (SSSR count). The zero-order valence-corrected chi connectivity index (χ0v) is 33.0. The topological polar surface area (TPSA) is 8.17 Å². The van der Waals surface area contributed by atoms with Gasteiger partial charge in [0.1, 0.15) is 0 Å². The summed E-state index contributed by atoms with van der Waals surface area (Å²) >= 11 is 3.76. The fraction of sp³-hybridized carbons (Fsp3) is 0. The summed E-state index contributed by atoms with van der Waals surface area (Å²) in [4.78, 5) is 2.50. The number of benzene rings is 9. The molecule has 58 heavy (non-hydrogen) atoms. The molecule has 0 atom stereocenters. The van der Waals surface area contributed by atoms with Crippen LogP contribution in [0.5, 0.6) is 0 Å². The molecule has 4 heteroatoms. The van der Waals surface area contributed by atoms with E-state index in [4.69, 9.17) is 0 Å². The SMILES string of the molecule is c1ccc(-c2ccc3c(c2)sc2c(-c4ccccc4)ccc(N(c4ccc5c(c4)sc4ccccc45)c4ccc5c6ccccc6n(-c6ccccc6)c5c4)c23)cc1. The van der Waals surface area contributed by atoms with Crippen molar-refractivity contribution in [2.24, 2.45) is 0 Å². The lowest BCUT2D eigenvalue weighted by atomic mass is 9.98. The lowest BCUT2D eigenvalue weighted by Crippen LogP contribution is -2.10. The van der Waals surface area contributed by atoms with Gasteiger partial charge in [-0.1, -0.05) is 146 Å². The summed E-state index contributed by atoms with van der Waals surface area (Å²) in [5.41, 5.74) is 11.9. The highest BCUT2D eigenvalue weighted by molar-refractivity contribution is 7.26. The minimum atomic E-state index is 1.11. The Labute approximate surface area is 343 Å². The smallest absolute Gasteiger partial charge is 0.0561 e. The molecule has 0 N–H and O–H groups in total. The molecule has 0 aliphatic rings. The number of rotatable bonds is 6. The summed E-state index contributed by atoms with van der Waals surface area (Å²) in [6, 6.07) is 75.7. The predicted molar refractivity (Wildman–Crippen MR) is 252 cm³/mol. The highest BCUT2D eigenvalue weighted by atomic mass is 32.1. The van der Waals surface area contributed by atoms with Crippen LogP contribution in [0.4, 0.5) is 17.1 Å². The van der Waals surface area contributed by atoms with Crippen LogP contribution in [-0.4, -0.2) is 4.57 Å². The zero-order valence-electron chi connectivity index (χ0n) is 31.3. The van der Waals surface area contributed by atoms with Gasteiger partial charge in [-0.3, -0.25) is 0 Å². The van der Waals surface area contributed by atoms with Crippen LogP contribution in [0.25, 0.3) is 90.1 Å². The van der Waals surface area contributed by atoms with Crippen LogP contribution in [-0.2, 0) is 0 Å². The summed E-state index contributed by atoms with van der Waals surface area (Å²) in [5, 5.41) is 7.62. The van der Waals surface area contributed by atoms with Gasteiger partial charge in [-0.25, -0.2) is 0 Å². The molecule has 0 unspecified atom stereocenters. The third kappa shape index (κ3) is 5.23. The van der Waals surface area contributed by atoms with Crippen LogP contribution >= 0.6 is 22.7 Å². The number of para-hydroxylation sites is 2. The maximum atomic E-state index is 2.50. The quantitative estimate of drug-likeness (QED) is 0.163. The van der Waals surface area contributed by atoms with Crippen molar-refractivity contribution in [2.45, 2.75) is 0 Å². The van der Waals surface area contributed by atoms with E-state index in [1.54, 1.807) is 0 Å². The first-order chi connectivity index (χ1) is 28.8. The van der Waals surface area contributed by atoms with Gasteiger partial charge in [0.25, 0.3) is 0 Å². The van der Waals surface area contributed by atoms with Crippen molar-refractivity contribution in [3.05, 3.63) is 206 Å². The third-order valence-electron chi connectivity index (χ3n) is 11.6. The Bertz CT molecular complexity index is 3500. The largest absolute Gasteiger partial charge is 0.310 e. The van der Waals surface area contributed by atoms with Gasteiger partial charge in [-0.05, 0) is 82.9 Å². The lowest BCUT2D eigenvalue weighted by Gasteiger charge is -2.27. The number of anilines is 3. The van der Waals surface area contributed by atoms with E-state index in [1.165, 1.54) is 84.4 Å². The van der Waals surface area contributed by atoms with Crippen molar-refractivity contribution >= 4 is 102 Å². The fourth-order valence-electron chi connectivity index (χ4n) is 8.94. The summed E-state index contributed by atoms with van der Waals surface area (Å²) in [7, 11) is 0. The summed E-state index contributed by atoms with van der Waals surface area (Å²) in [6.07, 6.45) is 0. The Balaban J connectivity index is 1.17. The zero-order chi connectivity index (χ0) is 38.2. The second kappa shape index (κ2) is 13.3. The van der Waals surface area contributed by atoms with Crippen LogP contribution in [0.1, 0.15) is 0 Å². The molecule has 0 bridgehead atoms. The maximum absolute atomic E-state index is 2.50. The van der Waals surface area contributed by atoms with Crippen molar-refractivity contribution < 1.29 is 0 Å². The highest BCUT2D eigenvalue weighted by Crippen LogP contribution is 2.50. The fourth-order valence-corrected chi connectivity index (χ4v) is 11.4. The Morgan fingerprint density at radius 3 is 1.78 bits per heavy atom. The standard InChI is InChI=1S/C54H34N2S2/c1-4-14-35(15-5-1)37-24-27-46-51(32-37)58-54-41(36-16-6-2-7-17-36)30-31-48(53(46)54)55(40-26-29-45-44-21-11-13-23-50(44)57-52(45)34-40)39-25-28-43-42-20-10-12-22-47(42)56(49(43)33-39)38-18-8-3-9-19-38/h1-34H. The Kier molecular flexibility index (Phi) is 7.62. The Hall–Kier alpha value is -6.98. The number of hydrogen-bond acceptors (Lipinski definition) is 3. The van der Waals surface area contributed by atoms with E-state index in [1.807, 2.05) is 22.7 Å². The number of nitrogens with zero attached hydrogens (tertiary/aromatic N) is 2. The van der Waals surface area contributed by atoms with Gasteiger partial charge in [0.05, 0.1) is 16.7 Å². The van der Waals surface area contributed by atoms with Crippen LogP contribution in [0.2, 0.25) is 0 Å². The average molecular weight is 775 g/mol. The number of hydrogen-bond donors (Lipinski definition) is 0. The normalized spacial score (nSPS) is 11.8. The molecule has 3 heterocycles. The molecular formula is C54H34N2S2. The van der Waals surface area contributed by atoms with Crippen LogP contribution < -0.4 is 4.90 Å². The molecule has 12 aromatic rings. The average Bonchev–Trinajstić information content (AvgIpc) is 3.97. The van der Waals surface area contributed by atoms with Crippen molar-refractivity contribution in [3.8, 4) is 27.9 Å². The minimum absolute atomic E-state index is 1.11. The van der Waals surface area contributed by atoms with E-state index in [9.17, 15) is 0 Å². The number of thiophene rings is 2. The summed E-state index contributed by atoms with van der Waals surface area (Å²) < 4.78 is 7.57.